The third-order valence-electron chi connectivity index (χ3n) is 6.37. The van der Waals surface area contributed by atoms with Gasteiger partial charge in [0.1, 0.15) is 0 Å². The van der Waals surface area contributed by atoms with Crippen LogP contribution >= 0.6 is 0 Å². The molecule has 0 aromatic rings. The highest BCUT2D eigenvalue weighted by Gasteiger charge is 2.24. The maximum Gasteiger partial charge on any atom is -0.0303 e. The van der Waals surface area contributed by atoms with Crippen LogP contribution in [0.2, 0.25) is 0 Å². The normalized spacial score (nSPS) is 12.0. The van der Waals surface area contributed by atoms with Crippen molar-refractivity contribution in [2.24, 2.45) is 5.41 Å². The molecule has 24 heavy (non-hydrogen) atoms. The predicted octanol–water partition coefficient (Wildman–Crippen LogP) is 9.46. The van der Waals surface area contributed by atoms with Crippen LogP contribution in [-0.2, 0) is 0 Å². The molecular weight excluding hydrogens is 288 g/mol. The van der Waals surface area contributed by atoms with Crippen molar-refractivity contribution in [2.45, 2.75) is 150 Å². The van der Waals surface area contributed by atoms with Gasteiger partial charge in [0.25, 0.3) is 0 Å². The van der Waals surface area contributed by atoms with Crippen molar-refractivity contribution in [1.82, 2.24) is 0 Å². The lowest BCUT2D eigenvalue weighted by Crippen LogP contribution is -2.18. The van der Waals surface area contributed by atoms with E-state index in [2.05, 4.69) is 27.7 Å². The molecule has 0 fully saturated rings. The topological polar surface area (TPSA) is 0 Å². The van der Waals surface area contributed by atoms with Gasteiger partial charge in [0.2, 0.25) is 0 Å². The van der Waals surface area contributed by atoms with E-state index in [4.69, 9.17) is 0 Å². The van der Waals surface area contributed by atoms with Crippen LogP contribution in [0.4, 0.5) is 0 Å². The maximum absolute atomic E-state index is 2.43. The van der Waals surface area contributed by atoms with Crippen molar-refractivity contribution in [3.63, 3.8) is 0 Å². The molecule has 0 aromatic carbocycles. The fourth-order valence-electron chi connectivity index (χ4n) is 4.17. The first-order valence-electron chi connectivity index (χ1n) is 11.7. The summed E-state index contributed by atoms with van der Waals surface area (Å²) < 4.78 is 0. The molecule has 0 N–H and O–H groups in total. The molecule has 0 aliphatic rings. The lowest BCUT2D eigenvalue weighted by atomic mass is 9.74. The highest BCUT2D eigenvalue weighted by molar-refractivity contribution is 4.76. The fraction of sp³-hybridized carbons (Fsp3) is 1.00. The molecule has 0 nitrogen and oxygen atoms in total. The second-order valence-corrected chi connectivity index (χ2v) is 8.30. The first-order chi connectivity index (χ1) is 11.7. The highest BCUT2D eigenvalue weighted by atomic mass is 14.3. The van der Waals surface area contributed by atoms with Crippen LogP contribution < -0.4 is 0 Å². The van der Waals surface area contributed by atoms with E-state index < -0.39 is 0 Å². The molecule has 0 bridgehead atoms. The van der Waals surface area contributed by atoms with Crippen LogP contribution in [0, 0.1) is 5.41 Å². The van der Waals surface area contributed by atoms with Crippen molar-refractivity contribution in [3.8, 4) is 0 Å². The largest absolute Gasteiger partial charge is 0.0654 e. The summed E-state index contributed by atoms with van der Waals surface area (Å²) in [5.41, 5.74) is 0.674. The molecule has 0 saturated carbocycles. The van der Waals surface area contributed by atoms with Crippen LogP contribution in [0.1, 0.15) is 150 Å². The zero-order valence-corrected chi connectivity index (χ0v) is 17.9. The standard InChI is InChI=1S/C24H50/c1-5-9-11-12-13-14-15-16-17-18-19-21-23-24(7-3,8-4)22-20-10-6-2/h5-23H2,1-4H3. The summed E-state index contributed by atoms with van der Waals surface area (Å²) in [6.45, 7) is 9.48. The Morgan fingerprint density at radius 1 is 0.375 bits per heavy atom. The Labute approximate surface area is 155 Å². The van der Waals surface area contributed by atoms with Gasteiger partial charge in [-0.25, -0.2) is 0 Å². The van der Waals surface area contributed by atoms with Crippen molar-refractivity contribution >= 4 is 0 Å². The summed E-state index contributed by atoms with van der Waals surface area (Å²) in [5.74, 6) is 0. The number of hydrogen-bond donors (Lipinski definition) is 0. The molecular formula is C24H50. The Balaban J connectivity index is 3.51. The average Bonchev–Trinajstić information content (AvgIpc) is 2.61. The Kier molecular flexibility index (Phi) is 17.8. The van der Waals surface area contributed by atoms with Crippen molar-refractivity contribution in [3.05, 3.63) is 0 Å². The van der Waals surface area contributed by atoms with Crippen LogP contribution in [0.15, 0.2) is 0 Å². The van der Waals surface area contributed by atoms with Crippen LogP contribution in [-0.4, -0.2) is 0 Å². The molecule has 0 atom stereocenters. The molecule has 0 rings (SSSR count). The predicted molar refractivity (Wildman–Crippen MR) is 113 cm³/mol. The van der Waals surface area contributed by atoms with Gasteiger partial charge in [-0.05, 0) is 18.3 Å². The fourth-order valence-corrected chi connectivity index (χ4v) is 4.17. The molecule has 0 aromatic heterocycles. The second-order valence-electron chi connectivity index (χ2n) is 8.30. The summed E-state index contributed by atoms with van der Waals surface area (Å²) >= 11 is 0. The Morgan fingerprint density at radius 2 is 0.667 bits per heavy atom. The molecule has 0 radical (unpaired) electrons. The van der Waals surface area contributed by atoms with E-state index in [-0.39, 0.29) is 0 Å². The zero-order chi connectivity index (χ0) is 17.9. The first kappa shape index (κ1) is 24.0. The third kappa shape index (κ3) is 13.3. The van der Waals surface area contributed by atoms with Crippen molar-refractivity contribution < 1.29 is 0 Å². The van der Waals surface area contributed by atoms with Gasteiger partial charge in [0.05, 0.1) is 0 Å². The third-order valence-corrected chi connectivity index (χ3v) is 6.37. The van der Waals surface area contributed by atoms with E-state index >= 15 is 0 Å². The minimum Gasteiger partial charge on any atom is -0.0654 e. The maximum atomic E-state index is 2.43. The highest BCUT2D eigenvalue weighted by Crippen LogP contribution is 2.38. The lowest BCUT2D eigenvalue weighted by molar-refractivity contribution is 0.203. The van der Waals surface area contributed by atoms with E-state index in [0.29, 0.717) is 5.41 Å². The quantitative estimate of drug-likeness (QED) is 0.206. The van der Waals surface area contributed by atoms with Gasteiger partial charge in [-0.2, -0.15) is 0 Å². The minimum atomic E-state index is 0.674. The molecule has 0 unspecified atom stereocenters. The van der Waals surface area contributed by atoms with E-state index in [9.17, 15) is 0 Å². The summed E-state index contributed by atoms with van der Waals surface area (Å²) in [6.07, 6.45) is 27.6. The Bertz CT molecular complexity index is 226. The van der Waals surface area contributed by atoms with Crippen LogP contribution in [0.5, 0.6) is 0 Å². The van der Waals surface area contributed by atoms with Gasteiger partial charge in [-0.15, -0.1) is 0 Å². The monoisotopic (exact) mass is 338 g/mol. The van der Waals surface area contributed by atoms with Gasteiger partial charge in [0, 0.05) is 0 Å². The molecule has 0 aliphatic heterocycles. The SMILES string of the molecule is CCCCCCCCCCCCCCC(CC)(CC)CCCCC. The van der Waals surface area contributed by atoms with Gasteiger partial charge >= 0.3 is 0 Å². The minimum absolute atomic E-state index is 0.674. The Hall–Kier alpha value is 0. The number of rotatable bonds is 19. The van der Waals surface area contributed by atoms with Crippen LogP contribution in [0.3, 0.4) is 0 Å². The van der Waals surface area contributed by atoms with Crippen molar-refractivity contribution in [1.29, 1.82) is 0 Å². The van der Waals surface area contributed by atoms with E-state index in [0.717, 1.165) is 0 Å². The molecule has 0 amide bonds. The van der Waals surface area contributed by atoms with Gasteiger partial charge < -0.3 is 0 Å². The van der Waals surface area contributed by atoms with Crippen molar-refractivity contribution in [2.75, 3.05) is 0 Å². The second kappa shape index (κ2) is 17.8. The Morgan fingerprint density at radius 3 is 1.04 bits per heavy atom. The average molecular weight is 339 g/mol. The lowest BCUT2D eigenvalue weighted by Gasteiger charge is -2.32. The molecule has 146 valence electrons. The van der Waals surface area contributed by atoms with Crippen LogP contribution in [0.25, 0.3) is 0 Å². The molecule has 0 heteroatoms. The van der Waals surface area contributed by atoms with E-state index in [1.54, 1.807) is 0 Å². The van der Waals surface area contributed by atoms with Gasteiger partial charge in [-0.3, -0.25) is 0 Å². The summed E-state index contributed by atoms with van der Waals surface area (Å²) in [5, 5.41) is 0. The first-order valence-corrected chi connectivity index (χ1v) is 11.7. The van der Waals surface area contributed by atoms with E-state index in [1.165, 1.54) is 122 Å². The van der Waals surface area contributed by atoms with Gasteiger partial charge in [0.15, 0.2) is 0 Å². The summed E-state index contributed by atoms with van der Waals surface area (Å²) in [4.78, 5) is 0. The number of hydrogen-bond acceptors (Lipinski definition) is 0. The molecule has 0 spiro atoms. The smallest absolute Gasteiger partial charge is 0.0303 e. The van der Waals surface area contributed by atoms with Gasteiger partial charge in [-0.1, -0.05) is 137 Å². The summed E-state index contributed by atoms with van der Waals surface area (Å²) in [6, 6.07) is 0. The summed E-state index contributed by atoms with van der Waals surface area (Å²) in [7, 11) is 0. The number of unbranched alkanes of at least 4 members (excludes halogenated alkanes) is 13. The van der Waals surface area contributed by atoms with E-state index in [1.807, 2.05) is 0 Å². The molecule has 0 heterocycles. The zero-order valence-electron chi connectivity index (χ0n) is 17.9. The molecule has 0 aliphatic carbocycles. The molecule has 0 saturated heterocycles.